The van der Waals surface area contributed by atoms with Crippen molar-refractivity contribution in [1.29, 1.82) is 0 Å². The average molecular weight is 304 g/mol. The minimum absolute atomic E-state index is 0.102. The number of amides is 1. The van der Waals surface area contributed by atoms with Gasteiger partial charge in [0.1, 0.15) is 5.69 Å². The van der Waals surface area contributed by atoms with E-state index in [0.717, 1.165) is 23.7 Å². The Morgan fingerprint density at radius 3 is 2.65 bits per heavy atom. The maximum atomic E-state index is 13.0. The molecule has 1 saturated carbocycles. The Kier molecular flexibility index (Phi) is 3.41. The van der Waals surface area contributed by atoms with E-state index in [1.54, 1.807) is 0 Å². The normalized spacial score (nSPS) is 14.1. The molecule has 0 radical (unpaired) electrons. The molecule has 1 N–H and O–H groups in total. The third-order valence-corrected chi connectivity index (χ3v) is 4.45. The minimum Gasteiger partial charge on any atom is -0.351 e. The van der Waals surface area contributed by atoms with Gasteiger partial charge in [-0.05, 0) is 43.5 Å². The Balaban J connectivity index is 1.63. The molecule has 1 amide bonds. The molecule has 0 atom stereocenters. The number of nitrogens with zero attached hydrogens (tertiary/aromatic N) is 1. The van der Waals surface area contributed by atoms with Gasteiger partial charge in [-0.3, -0.25) is 4.79 Å². The second-order valence-electron chi connectivity index (χ2n) is 6.42. The number of aromatic nitrogens is 1. The molecule has 2 aromatic carbocycles. The number of carbonyl (C=O) groups excluding carboxylic acids is 1. The third kappa shape index (κ3) is 2.87. The van der Waals surface area contributed by atoms with Gasteiger partial charge in [-0.15, -0.1) is 0 Å². The van der Waals surface area contributed by atoms with Crippen molar-refractivity contribution < 1.29 is 4.79 Å². The molecule has 3 nitrogen and oxygen atoms in total. The van der Waals surface area contributed by atoms with Crippen molar-refractivity contribution in [1.82, 2.24) is 9.88 Å². The lowest BCUT2D eigenvalue weighted by molar-refractivity contribution is 0.0725. The van der Waals surface area contributed by atoms with Gasteiger partial charge in [-0.25, -0.2) is 0 Å². The fraction of sp³-hybridized carbons (Fsp3) is 0.250. The molecule has 3 heteroatoms. The van der Waals surface area contributed by atoms with Crippen LogP contribution in [0.5, 0.6) is 0 Å². The number of H-pyrrole nitrogens is 1. The average Bonchev–Trinajstić information content (AvgIpc) is 3.32. The summed E-state index contributed by atoms with van der Waals surface area (Å²) in [6.07, 6.45) is 2.22. The van der Waals surface area contributed by atoms with Gasteiger partial charge in [0.15, 0.2) is 0 Å². The lowest BCUT2D eigenvalue weighted by Gasteiger charge is -2.22. The summed E-state index contributed by atoms with van der Waals surface area (Å²) in [6.45, 7) is 2.75. The molecule has 0 bridgehead atoms. The summed E-state index contributed by atoms with van der Waals surface area (Å²) in [7, 11) is 0. The van der Waals surface area contributed by atoms with E-state index >= 15 is 0 Å². The van der Waals surface area contributed by atoms with Gasteiger partial charge in [0.05, 0.1) is 0 Å². The zero-order valence-corrected chi connectivity index (χ0v) is 13.3. The first-order chi connectivity index (χ1) is 11.2. The lowest BCUT2D eigenvalue weighted by atomic mass is 10.2. The maximum absolute atomic E-state index is 13.0. The summed E-state index contributed by atoms with van der Waals surface area (Å²) in [5.74, 6) is 0.102. The molecule has 116 valence electrons. The van der Waals surface area contributed by atoms with E-state index in [9.17, 15) is 4.79 Å². The zero-order chi connectivity index (χ0) is 15.8. The molecule has 0 saturated heterocycles. The van der Waals surface area contributed by atoms with Crippen molar-refractivity contribution in [3.05, 3.63) is 71.4 Å². The number of fused-ring (bicyclic) bond motifs is 1. The Labute approximate surface area is 135 Å². The summed E-state index contributed by atoms with van der Waals surface area (Å²) in [4.78, 5) is 18.3. The Bertz CT molecular complexity index is 846. The SMILES string of the molecule is Cc1ccc2[nH]c(C(=O)N(Cc3ccccc3)C3CC3)cc2c1. The number of hydrogen-bond acceptors (Lipinski definition) is 1. The molecule has 1 aliphatic rings. The quantitative estimate of drug-likeness (QED) is 0.767. The number of rotatable bonds is 4. The van der Waals surface area contributed by atoms with E-state index in [2.05, 4.69) is 36.2 Å². The Hall–Kier alpha value is -2.55. The van der Waals surface area contributed by atoms with Gasteiger partial charge in [-0.1, -0.05) is 42.0 Å². The van der Waals surface area contributed by atoms with Gasteiger partial charge in [-0.2, -0.15) is 0 Å². The molecule has 1 heterocycles. The monoisotopic (exact) mass is 304 g/mol. The van der Waals surface area contributed by atoms with E-state index in [4.69, 9.17) is 0 Å². The second-order valence-corrected chi connectivity index (χ2v) is 6.42. The van der Waals surface area contributed by atoms with E-state index in [1.807, 2.05) is 35.2 Å². The number of hydrogen-bond donors (Lipinski definition) is 1. The van der Waals surface area contributed by atoms with Crippen LogP contribution in [0.15, 0.2) is 54.6 Å². The van der Waals surface area contributed by atoms with E-state index in [0.29, 0.717) is 18.3 Å². The Morgan fingerprint density at radius 1 is 1.13 bits per heavy atom. The van der Waals surface area contributed by atoms with Crippen LogP contribution in [0.2, 0.25) is 0 Å². The molecule has 0 aliphatic heterocycles. The third-order valence-electron chi connectivity index (χ3n) is 4.45. The zero-order valence-electron chi connectivity index (χ0n) is 13.3. The summed E-state index contributed by atoms with van der Waals surface area (Å²) in [5, 5.41) is 1.10. The fourth-order valence-electron chi connectivity index (χ4n) is 3.06. The van der Waals surface area contributed by atoms with Crippen LogP contribution in [-0.4, -0.2) is 21.8 Å². The summed E-state index contributed by atoms with van der Waals surface area (Å²) >= 11 is 0. The highest BCUT2D eigenvalue weighted by Gasteiger charge is 2.33. The molecule has 3 aromatic rings. The molecule has 4 rings (SSSR count). The highest BCUT2D eigenvalue weighted by molar-refractivity contribution is 5.98. The van der Waals surface area contributed by atoms with Crippen LogP contribution in [0.4, 0.5) is 0 Å². The van der Waals surface area contributed by atoms with Crippen LogP contribution in [-0.2, 0) is 6.54 Å². The van der Waals surface area contributed by atoms with Crippen molar-refractivity contribution in [2.45, 2.75) is 32.4 Å². The van der Waals surface area contributed by atoms with Crippen LogP contribution in [0.25, 0.3) is 10.9 Å². The number of benzene rings is 2. The van der Waals surface area contributed by atoms with Gasteiger partial charge in [0.2, 0.25) is 0 Å². The largest absolute Gasteiger partial charge is 0.351 e. The molecular formula is C20H20N2O. The van der Waals surface area contributed by atoms with Crippen LogP contribution < -0.4 is 0 Å². The van der Waals surface area contributed by atoms with Crippen LogP contribution in [0, 0.1) is 6.92 Å². The molecule has 0 unspecified atom stereocenters. The van der Waals surface area contributed by atoms with E-state index < -0.39 is 0 Å². The van der Waals surface area contributed by atoms with Crippen LogP contribution >= 0.6 is 0 Å². The number of aromatic amines is 1. The van der Waals surface area contributed by atoms with Crippen molar-refractivity contribution in [2.75, 3.05) is 0 Å². The first-order valence-electron chi connectivity index (χ1n) is 8.15. The van der Waals surface area contributed by atoms with Crippen molar-refractivity contribution in [2.24, 2.45) is 0 Å². The molecule has 1 aromatic heterocycles. The molecule has 1 fully saturated rings. The van der Waals surface area contributed by atoms with Gasteiger partial charge < -0.3 is 9.88 Å². The first kappa shape index (κ1) is 14.1. The predicted octanol–water partition coefficient (Wildman–Crippen LogP) is 4.28. The minimum atomic E-state index is 0.102. The van der Waals surface area contributed by atoms with E-state index in [-0.39, 0.29) is 5.91 Å². The van der Waals surface area contributed by atoms with Gasteiger partial charge in [0, 0.05) is 23.5 Å². The fourth-order valence-corrected chi connectivity index (χ4v) is 3.06. The topological polar surface area (TPSA) is 36.1 Å². The highest BCUT2D eigenvalue weighted by Crippen LogP contribution is 2.30. The number of nitrogens with one attached hydrogen (secondary N) is 1. The molecule has 1 aliphatic carbocycles. The van der Waals surface area contributed by atoms with Crippen LogP contribution in [0.1, 0.15) is 34.5 Å². The summed E-state index contributed by atoms with van der Waals surface area (Å²) in [6, 6.07) is 18.8. The summed E-state index contributed by atoms with van der Waals surface area (Å²) < 4.78 is 0. The lowest BCUT2D eigenvalue weighted by Crippen LogP contribution is -2.32. The standard InChI is InChI=1S/C20H20N2O/c1-14-7-10-18-16(11-14)12-19(21-18)20(23)22(17-8-9-17)13-15-5-3-2-4-6-15/h2-7,10-12,17,21H,8-9,13H2,1H3. The smallest absolute Gasteiger partial charge is 0.270 e. The Morgan fingerprint density at radius 2 is 1.91 bits per heavy atom. The van der Waals surface area contributed by atoms with E-state index in [1.165, 1.54) is 11.1 Å². The van der Waals surface area contributed by atoms with Crippen molar-refractivity contribution in [3.8, 4) is 0 Å². The van der Waals surface area contributed by atoms with Gasteiger partial charge >= 0.3 is 0 Å². The number of carbonyl (C=O) groups is 1. The summed E-state index contributed by atoms with van der Waals surface area (Å²) in [5.41, 5.74) is 4.10. The highest BCUT2D eigenvalue weighted by atomic mass is 16.2. The first-order valence-corrected chi connectivity index (χ1v) is 8.15. The molecule has 0 spiro atoms. The second kappa shape index (κ2) is 5.58. The van der Waals surface area contributed by atoms with Gasteiger partial charge in [0.25, 0.3) is 5.91 Å². The molecule has 23 heavy (non-hydrogen) atoms. The van der Waals surface area contributed by atoms with Crippen molar-refractivity contribution >= 4 is 16.8 Å². The predicted molar refractivity (Wildman–Crippen MR) is 92.4 cm³/mol. The van der Waals surface area contributed by atoms with Crippen LogP contribution in [0.3, 0.4) is 0 Å². The maximum Gasteiger partial charge on any atom is 0.270 e. The van der Waals surface area contributed by atoms with Crippen molar-refractivity contribution in [3.63, 3.8) is 0 Å². The molecular weight excluding hydrogens is 284 g/mol. The number of aryl methyl sites for hydroxylation is 1.